The summed E-state index contributed by atoms with van der Waals surface area (Å²) in [5.41, 5.74) is 6.62. The Balaban J connectivity index is 2.40. The first-order valence-electron chi connectivity index (χ1n) is 5.41. The molecule has 0 aliphatic heterocycles. The molecule has 2 aromatic carbocycles. The van der Waals surface area contributed by atoms with Gasteiger partial charge < -0.3 is 5.73 Å². The molecule has 0 aromatic heterocycles. The van der Waals surface area contributed by atoms with Gasteiger partial charge in [0.25, 0.3) is 0 Å². The van der Waals surface area contributed by atoms with Crippen LogP contribution in [0.1, 0.15) is 5.56 Å². The van der Waals surface area contributed by atoms with Crippen LogP contribution in [0.15, 0.2) is 47.4 Å². The molecule has 0 aliphatic rings. The van der Waals surface area contributed by atoms with Gasteiger partial charge in [0.15, 0.2) is 9.84 Å². The monoisotopic (exact) mass is 315 g/mol. The van der Waals surface area contributed by atoms with E-state index in [1.165, 1.54) is 12.1 Å². The Morgan fingerprint density at radius 3 is 2.37 bits per heavy atom. The molecule has 6 heteroatoms. The zero-order valence-electron chi connectivity index (χ0n) is 9.81. The molecule has 0 heterocycles. The summed E-state index contributed by atoms with van der Waals surface area (Å²) in [4.78, 5) is 0.103. The van der Waals surface area contributed by atoms with Crippen molar-refractivity contribution in [1.29, 1.82) is 0 Å². The highest BCUT2D eigenvalue weighted by Crippen LogP contribution is 2.27. The Morgan fingerprint density at radius 2 is 1.74 bits per heavy atom. The van der Waals surface area contributed by atoms with Crippen molar-refractivity contribution in [2.24, 2.45) is 0 Å². The Kier molecular flexibility index (Phi) is 4.04. The fourth-order valence-corrected chi connectivity index (χ4v) is 3.82. The third-order valence-corrected chi connectivity index (χ3v) is 5.02. The van der Waals surface area contributed by atoms with E-state index in [9.17, 15) is 8.42 Å². The van der Waals surface area contributed by atoms with E-state index in [2.05, 4.69) is 0 Å². The minimum Gasteiger partial charge on any atom is -0.398 e. The van der Waals surface area contributed by atoms with Crippen molar-refractivity contribution in [2.75, 3.05) is 5.73 Å². The van der Waals surface area contributed by atoms with Gasteiger partial charge in [0.2, 0.25) is 0 Å². The van der Waals surface area contributed by atoms with E-state index in [-0.39, 0.29) is 15.7 Å². The number of nitrogens with two attached hydrogens (primary N) is 1. The highest BCUT2D eigenvalue weighted by atomic mass is 35.5. The van der Waals surface area contributed by atoms with Gasteiger partial charge in [0, 0.05) is 10.7 Å². The largest absolute Gasteiger partial charge is 0.398 e. The molecule has 0 spiro atoms. The third kappa shape index (κ3) is 3.21. The average molecular weight is 316 g/mol. The molecule has 3 nitrogen and oxygen atoms in total. The first-order chi connectivity index (χ1) is 8.90. The van der Waals surface area contributed by atoms with Crippen molar-refractivity contribution < 1.29 is 8.42 Å². The van der Waals surface area contributed by atoms with E-state index in [4.69, 9.17) is 28.9 Å². The maximum atomic E-state index is 12.3. The summed E-state index contributed by atoms with van der Waals surface area (Å²) in [7, 11) is -3.53. The lowest BCUT2D eigenvalue weighted by molar-refractivity contribution is 0.595. The minimum atomic E-state index is -3.53. The Morgan fingerprint density at radius 1 is 1.05 bits per heavy atom. The van der Waals surface area contributed by atoms with E-state index in [0.29, 0.717) is 16.3 Å². The molecule has 0 saturated heterocycles. The van der Waals surface area contributed by atoms with Crippen LogP contribution in [0.2, 0.25) is 10.0 Å². The number of hydrogen-bond acceptors (Lipinski definition) is 3. The van der Waals surface area contributed by atoms with Gasteiger partial charge in [0.05, 0.1) is 15.7 Å². The maximum absolute atomic E-state index is 12.3. The van der Waals surface area contributed by atoms with Crippen LogP contribution >= 0.6 is 23.2 Å². The number of rotatable bonds is 3. The highest BCUT2D eigenvalue weighted by molar-refractivity contribution is 7.90. The van der Waals surface area contributed by atoms with E-state index in [1.54, 1.807) is 30.3 Å². The summed E-state index contributed by atoms with van der Waals surface area (Å²) in [6, 6.07) is 11.1. The Bertz CT molecular complexity index is 714. The van der Waals surface area contributed by atoms with Crippen molar-refractivity contribution >= 4 is 38.7 Å². The number of hydrogen-bond donors (Lipinski definition) is 1. The van der Waals surface area contributed by atoms with Crippen LogP contribution < -0.4 is 5.73 Å². The summed E-state index contributed by atoms with van der Waals surface area (Å²) >= 11 is 11.7. The predicted octanol–water partition coefficient (Wildman–Crippen LogP) is 3.55. The van der Waals surface area contributed by atoms with Crippen LogP contribution in [0.3, 0.4) is 0 Å². The van der Waals surface area contributed by atoms with Crippen LogP contribution in [-0.4, -0.2) is 8.42 Å². The van der Waals surface area contributed by atoms with Gasteiger partial charge in [-0.15, -0.1) is 0 Å². The van der Waals surface area contributed by atoms with Gasteiger partial charge in [-0.05, 0) is 29.8 Å². The second-order valence-corrected chi connectivity index (χ2v) is 6.83. The molecular formula is C13H11Cl2NO2S. The average Bonchev–Trinajstić information content (AvgIpc) is 2.33. The van der Waals surface area contributed by atoms with Crippen molar-refractivity contribution in [3.63, 3.8) is 0 Å². The molecule has 0 radical (unpaired) electrons. The smallest absolute Gasteiger partial charge is 0.184 e. The molecule has 19 heavy (non-hydrogen) atoms. The standard InChI is InChI=1S/C13H11Cl2NO2S/c14-10-6-5-9(12(16)7-10)8-19(17,18)13-4-2-1-3-11(13)15/h1-7H,8,16H2. The molecule has 0 saturated carbocycles. The quantitative estimate of drug-likeness (QED) is 0.881. The number of sulfone groups is 1. The van der Waals surface area contributed by atoms with Crippen molar-refractivity contribution in [1.82, 2.24) is 0 Å². The second-order valence-electron chi connectivity index (χ2n) is 4.03. The van der Waals surface area contributed by atoms with Gasteiger partial charge in [0.1, 0.15) is 0 Å². The number of benzene rings is 2. The minimum absolute atomic E-state index is 0.103. The van der Waals surface area contributed by atoms with E-state index >= 15 is 0 Å². The van der Waals surface area contributed by atoms with Crippen molar-refractivity contribution in [3.05, 3.63) is 58.1 Å². The van der Waals surface area contributed by atoms with Crippen LogP contribution in [0.4, 0.5) is 5.69 Å². The number of nitrogen functional groups attached to an aromatic ring is 1. The summed E-state index contributed by atoms with van der Waals surface area (Å²) in [5, 5.41) is 0.673. The molecule has 0 aliphatic carbocycles. The number of anilines is 1. The third-order valence-electron chi connectivity index (χ3n) is 2.63. The molecule has 100 valence electrons. The molecule has 0 fully saturated rings. The van der Waals surface area contributed by atoms with Gasteiger partial charge in [-0.2, -0.15) is 0 Å². The first kappa shape index (κ1) is 14.2. The lowest BCUT2D eigenvalue weighted by Gasteiger charge is -2.09. The summed E-state index contributed by atoms with van der Waals surface area (Å²) in [6.45, 7) is 0. The summed E-state index contributed by atoms with van der Waals surface area (Å²) < 4.78 is 24.6. The van der Waals surface area contributed by atoms with Crippen LogP contribution in [0.5, 0.6) is 0 Å². The zero-order valence-corrected chi connectivity index (χ0v) is 12.1. The van der Waals surface area contributed by atoms with Crippen LogP contribution in [0, 0.1) is 0 Å². The predicted molar refractivity (Wildman–Crippen MR) is 78.2 cm³/mol. The molecule has 0 bridgehead atoms. The van der Waals surface area contributed by atoms with E-state index in [1.807, 2.05) is 0 Å². The fourth-order valence-electron chi connectivity index (χ4n) is 1.68. The van der Waals surface area contributed by atoms with Crippen molar-refractivity contribution in [3.8, 4) is 0 Å². The lowest BCUT2D eigenvalue weighted by atomic mass is 10.2. The Labute approximate surface area is 121 Å². The number of halogens is 2. The SMILES string of the molecule is Nc1cc(Cl)ccc1CS(=O)(=O)c1ccccc1Cl. The summed E-state index contributed by atoms with van der Waals surface area (Å²) in [5.74, 6) is -0.209. The molecule has 0 amide bonds. The molecule has 2 aromatic rings. The van der Waals surface area contributed by atoms with Gasteiger partial charge in [-0.25, -0.2) is 8.42 Å². The van der Waals surface area contributed by atoms with Crippen molar-refractivity contribution in [2.45, 2.75) is 10.6 Å². The van der Waals surface area contributed by atoms with Gasteiger partial charge in [-0.1, -0.05) is 41.4 Å². The van der Waals surface area contributed by atoms with Crippen LogP contribution in [0.25, 0.3) is 0 Å². The van der Waals surface area contributed by atoms with Crippen LogP contribution in [-0.2, 0) is 15.6 Å². The van der Waals surface area contributed by atoms with E-state index < -0.39 is 9.84 Å². The molecular weight excluding hydrogens is 305 g/mol. The van der Waals surface area contributed by atoms with E-state index in [0.717, 1.165) is 0 Å². The lowest BCUT2D eigenvalue weighted by Crippen LogP contribution is -2.07. The second kappa shape index (κ2) is 5.41. The zero-order chi connectivity index (χ0) is 14.0. The highest BCUT2D eigenvalue weighted by Gasteiger charge is 2.19. The molecule has 0 unspecified atom stereocenters. The van der Waals surface area contributed by atoms with Gasteiger partial charge >= 0.3 is 0 Å². The maximum Gasteiger partial charge on any atom is 0.184 e. The fraction of sp³-hybridized carbons (Fsp3) is 0.0769. The molecule has 0 atom stereocenters. The normalized spacial score (nSPS) is 11.5. The summed E-state index contributed by atoms with van der Waals surface area (Å²) in [6.07, 6.45) is 0. The molecule has 2 rings (SSSR count). The topological polar surface area (TPSA) is 60.2 Å². The molecule has 2 N–H and O–H groups in total. The first-order valence-corrected chi connectivity index (χ1v) is 7.82. The van der Waals surface area contributed by atoms with Gasteiger partial charge in [-0.3, -0.25) is 0 Å². The Hall–Kier alpha value is -1.23.